The first-order valence-electron chi connectivity index (χ1n) is 9.02. The van der Waals surface area contributed by atoms with Crippen molar-refractivity contribution < 1.29 is 14.3 Å². The highest BCUT2D eigenvalue weighted by atomic mass is 16.5. The third-order valence-corrected chi connectivity index (χ3v) is 4.82. The Bertz CT molecular complexity index is 555. The maximum Gasteiger partial charge on any atom is 0.245 e. The molecule has 5 heteroatoms. The summed E-state index contributed by atoms with van der Waals surface area (Å²) in [6, 6.07) is 9.39. The van der Waals surface area contributed by atoms with Crippen molar-refractivity contribution in [1.29, 1.82) is 0 Å². The number of hydrogen-bond donors (Lipinski definition) is 0. The van der Waals surface area contributed by atoms with E-state index in [0.717, 1.165) is 44.5 Å². The van der Waals surface area contributed by atoms with Gasteiger partial charge in [0.1, 0.15) is 11.8 Å². The van der Waals surface area contributed by atoms with Crippen molar-refractivity contribution >= 4 is 11.8 Å². The average Bonchev–Trinajstić information content (AvgIpc) is 3.30. The van der Waals surface area contributed by atoms with Gasteiger partial charge in [0, 0.05) is 26.1 Å². The first-order chi connectivity index (χ1) is 11.8. The molecular weight excluding hydrogens is 304 g/mol. The van der Waals surface area contributed by atoms with Gasteiger partial charge in [0.15, 0.2) is 0 Å². The number of ether oxygens (including phenoxy) is 1. The molecule has 0 radical (unpaired) electrons. The van der Waals surface area contributed by atoms with Crippen LogP contribution in [0.2, 0.25) is 0 Å². The summed E-state index contributed by atoms with van der Waals surface area (Å²) in [5.41, 5.74) is 0. The molecule has 0 bridgehead atoms. The van der Waals surface area contributed by atoms with Crippen LogP contribution >= 0.6 is 0 Å². The van der Waals surface area contributed by atoms with E-state index in [1.165, 1.54) is 0 Å². The van der Waals surface area contributed by atoms with Crippen LogP contribution < -0.4 is 4.74 Å². The summed E-state index contributed by atoms with van der Waals surface area (Å²) < 4.78 is 5.63. The fourth-order valence-corrected chi connectivity index (χ4v) is 3.54. The van der Waals surface area contributed by atoms with Crippen molar-refractivity contribution in [3.05, 3.63) is 30.3 Å². The standard InChI is InChI=1S/C19H26N2O3/c22-18(11-7-15-24-16-8-2-1-3-9-16)21-14-6-10-17(21)19(23)20-12-4-5-13-20/h1-3,8-9,17H,4-7,10-15H2/t17-/m0/s1. The zero-order chi connectivity index (χ0) is 16.8. The lowest BCUT2D eigenvalue weighted by atomic mass is 10.2. The molecule has 0 saturated carbocycles. The van der Waals surface area contributed by atoms with Crippen LogP contribution in [0.4, 0.5) is 0 Å². The zero-order valence-electron chi connectivity index (χ0n) is 14.2. The number of carbonyl (C=O) groups is 2. The van der Waals surface area contributed by atoms with Crippen LogP contribution in [-0.2, 0) is 9.59 Å². The molecule has 2 aliphatic rings. The van der Waals surface area contributed by atoms with Crippen LogP contribution in [0.15, 0.2) is 30.3 Å². The van der Waals surface area contributed by atoms with Gasteiger partial charge in [-0.05, 0) is 44.2 Å². The average molecular weight is 330 g/mol. The summed E-state index contributed by atoms with van der Waals surface area (Å²) in [6.07, 6.45) is 5.02. The van der Waals surface area contributed by atoms with Gasteiger partial charge in [0.2, 0.25) is 11.8 Å². The molecule has 0 aliphatic carbocycles. The minimum atomic E-state index is -0.231. The molecule has 1 atom stereocenters. The Morgan fingerprint density at radius 1 is 1.04 bits per heavy atom. The topological polar surface area (TPSA) is 49.9 Å². The maximum atomic E-state index is 12.6. The molecule has 1 aromatic carbocycles. The number of likely N-dealkylation sites (tertiary alicyclic amines) is 2. The molecule has 24 heavy (non-hydrogen) atoms. The molecule has 2 fully saturated rings. The highest BCUT2D eigenvalue weighted by molar-refractivity contribution is 5.88. The van der Waals surface area contributed by atoms with E-state index in [2.05, 4.69) is 0 Å². The molecule has 2 heterocycles. The van der Waals surface area contributed by atoms with Crippen LogP contribution in [-0.4, -0.2) is 53.9 Å². The predicted molar refractivity (Wildman–Crippen MR) is 91.7 cm³/mol. The second-order valence-corrected chi connectivity index (χ2v) is 6.54. The van der Waals surface area contributed by atoms with Gasteiger partial charge in [-0.2, -0.15) is 0 Å². The molecular formula is C19H26N2O3. The normalized spacial score (nSPS) is 20.4. The second-order valence-electron chi connectivity index (χ2n) is 6.54. The number of benzene rings is 1. The predicted octanol–water partition coefficient (Wildman–Crippen LogP) is 2.46. The molecule has 3 rings (SSSR count). The molecule has 0 aromatic heterocycles. The van der Waals surface area contributed by atoms with Crippen molar-refractivity contribution in [2.45, 2.75) is 44.6 Å². The van der Waals surface area contributed by atoms with E-state index in [1.54, 1.807) is 4.90 Å². The highest BCUT2D eigenvalue weighted by Gasteiger charge is 2.36. The molecule has 0 N–H and O–H groups in total. The monoisotopic (exact) mass is 330 g/mol. The van der Waals surface area contributed by atoms with Gasteiger partial charge in [-0.15, -0.1) is 0 Å². The van der Waals surface area contributed by atoms with Crippen LogP contribution in [0, 0.1) is 0 Å². The Balaban J connectivity index is 1.44. The number of para-hydroxylation sites is 1. The summed E-state index contributed by atoms with van der Waals surface area (Å²) in [5, 5.41) is 0. The van der Waals surface area contributed by atoms with E-state index in [1.807, 2.05) is 35.2 Å². The van der Waals surface area contributed by atoms with E-state index < -0.39 is 0 Å². The Morgan fingerprint density at radius 2 is 1.79 bits per heavy atom. The fraction of sp³-hybridized carbons (Fsp3) is 0.579. The third-order valence-electron chi connectivity index (χ3n) is 4.82. The largest absolute Gasteiger partial charge is 0.494 e. The molecule has 0 unspecified atom stereocenters. The van der Waals surface area contributed by atoms with E-state index in [9.17, 15) is 9.59 Å². The van der Waals surface area contributed by atoms with E-state index >= 15 is 0 Å². The summed E-state index contributed by atoms with van der Waals surface area (Å²) >= 11 is 0. The number of nitrogens with zero attached hydrogens (tertiary/aromatic N) is 2. The van der Waals surface area contributed by atoms with Crippen LogP contribution in [0.3, 0.4) is 0 Å². The van der Waals surface area contributed by atoms with E-state index in [-0.39, 0.29) is 17.9 Å². The van der Waals surface area contributed by atoms with Crippen molar-refractivity contribution in [3.8, 4) is 5.75 Å². The fourth-order valence-electron chi connectivity index (χ4n) is 3.54. The molecule has 1 aromatic rings. The molecule has 0 spiro atoms. The van der Waals surface area contributed by atoms with Gasteiger partial charge in [-0.1, -0.05) is 18.2 Å². The zero-order valence-corrected chi connectivity index (χ0v) is 14.2. The Kier molecular flexibility index (Phi) is 5.72. The molecule has 5 nitrogen and oxygen atoms in total. The van der Waals surface area contributed by atoms with Crippen molar-refractivity contribution in [2.24, 2.45) is 0 Å². The number of hydrogen-bond acceptors (Lipinski definition) is 3. The summed E-state index contributed by atoms with van der Waals surface area (Å²) in [7, 11) is 0. The second kappa shape index (κ2) is 8.18. The van der Waals surface area contributed by atoms with Crippen molar-refractivity contribution in [3.63, 3.8) is 0 Å². The molecule has 2 aliphatic heterocycles. The van der Waals surface area contributed by atoms with Gasteiger partial charge in [-0.3, -0.25) is 9.59 Å². The highest BCUT2D eigenvalue weighted by Crippen LogP contribution is 2.22. The number of rotatable bonds is 6. The minimum Gasteiger partial charge on any atom is -0.494 e. The lowest BCUT2D eigenvalue weighted by Gasteiger charge is -2.27. The molecule has 2 saturated heterocycles. The van der Waals surface area contributed by atoms with Crippen LogP contribution in [0.1, 0.15) is 38.5 Å². The van der Waals surface area contributed by atoms with Crippen molar-refractivity contribution in [1.82, 2.24) is 9.80 Å². The third kappa shape index (κ3) is 4.08. The lowest BCUT2D eigenvalue weighted by Crippen LogP contribution is -2.46. The Hall–Kier alpha value is -2.04. The van der Waals surface area contributed by atoms with E-state index in [4.69, 9.17) is 4.74 Å². The van der Waals surface area contributed by atoms with Crippen molar-refractivity contribution in [2.75, 3.05) is 26.2 Å². The van der Waals surface area contributed by atoms with Gasteiger partial charge < -0.3 is 14.5 Å². The van der Waals surface area contributed by atoms with Gasteiger partial charge in [-0.25, -0.2) is 0 Å². The van der Waals surface area contributed by atoms with Crippen LogP contribution in [0.25, 0.3) is 0 Å². The van der Waals surface area contributed by atoms with Gasteiger partial charge >= 0.3 is 0 Å². The van der Waals surface area contributed by atoms with Gasteiger partial charge in [0.25, 0.3) is 0 Å². The summed E-state index contributed by atoms with van der Waals surface area (Å²) in [5.74, 6) is 1.06. The minimum absolute atomic E-state index is 0.0849. The molecule has 2 amide bonds. The maximum absolute atomic E-state index is 12.6. The first-order valence-corrected chi connectivity index (χ1v) is 9.02. The van der Waals surface area contributed by atoms with Gasteiger partial charge in [0.05, 0.1) is 6.61 Å². The number of amides is 2. The molecule has 130 valence electrons. The number of carbonyl (C=O) groups excluding carboxylic acids is 2. The lowest BCUT2D eigenvalue weighted by molar-refractivity contribution is -0.143. The SMILES string of the molecule is O=C([C@@H]1CCCN1C(=O)CCCOc1ccccc1)N1CCCC1. The van der Waals surface area contributed by atoms with E-state index in [0.29, 0.717) is 26.0 Å². The summed E-state index contributed by atoms with van der Waals surface area (Å²) in [4.78, 5) is 28.8. The summed E-state index contributed by atoms with van der Waals surface area (Å²) in [6.45, 7) is 2.93. The smallest absolute Gasteiger partial charge is 0.245 e. The van der Waals surface area contributed by atoms with Crippen LogP contribution in [0.5, 0.6) is 5.75 Å². The Morgan fingerprint density at radius 3 is 2.54 bits per heavy atom. The quantitative estimate of drug-likeness (QED) is 0.753. The Labute approximate surface area is 143 Å². The first kappa shape index (κ1) is 16.8.